The summed E-state index contributed by atoms with van der Waals surface area (Å²) >= 11 is 6.07. The normalized spacial score (nSPS) is 15.5. The summed E-state index contributed by atoms with van der Waals surface area (Å²) in [5.41, 5.74) is 0.897. The number of hydrogen-bond donors (Lipinski definition) is 0. The van der Waals surface area contributed by atoms with Gasteiger partial charge in [0.05, 0.1) is 16.0 Å². The van der Waals surface area contributed by atoms with Crippen molar-refractivity contribution in [3.8, 4) is 6.07 Å². The summed E-state index contributed by atoms with van der Waals surface area (Å²) < 4.78 is 27.4. The molecule has 0 unspecified atom stereocenters. The molecule has 7 nitrogen and oxygen atoms in total. The third-order valence-corrected chi connectivity index (χ3v) is 6.85. The molecule has 9 heteroatoms. The molecular weight excluding hydrogens is 398 g/mol. The van der Waals surface area contributed by atoms with Crippen molar-refractivity contribution in [1.29, 1.82) is 5.26 Å². The van der Waals surface area contributed by atoms with E-state index in [0.717, 1.165) is 10.9 Å². The maximum Gasteiger partial charge on any atom is 0.244 e. The topological polar surface area (TPSA) is 90.2 Å². The first-order chi connectivity index (χ1) is 13.5. The smallest absolute Gasteiger partial charge is 0.244 e. The molecule has 2 heterocycles. The Hall–Kier alpha value is -2.73. The van der Waals surface area contributed by atoms with Crippen molar-refractivity contribution in [3.63, 3.8) is 0 Å². The van der Waals surface area contributed by atoms with Crippen LogP contribution in [0.2, 0.25) is 5.28 Å². The van der Waals surface area contributed by atoms with Gasteiger partial charge in [-0.15, -0.1) is 0 Å². The Morgan fingerprint density at radius 1 is 0.964 bits per heavy atom. The molecule has 1 aliphatic rings. The van der Waals surface area contributed by atoms with E-state index in [-0.39, 0.29) is 28.8 Å². The van der Waals surface area contributed by atoms with E-state index in [2.05, 4.69) is 9.97 Å². The molecule has 1 saturated heterocycles. The lowest BCUT2D eigenvalue weighted by Gasteiger charge is -2.35. The fourth-order valence-electron chi connectivity index (χ4n) is 3.34. The molecule has 0 spiro atoms. The Morgan fingerprint density at radius 2 is 1.64 bits per heavy atom. The summed E-state index contributed by atoms with van der Waals surface area (Å²) in [5, 5.41) is 10.3. The van der Waals surface area contributed by atoms with E-state index >= 15 is 0 Å². The summed E-state index contributed by atoms with van der Waals surface area (Å²) in [7, 11) is -3.74. The number of nitrogens with zero attached hydrogens (tertiary/aromatic N) is 5. The predicted octanol–water partition coefficient (Wildman–Crippen LogP) is 2.67. The highest BCUT2D eigenvalue weighted by molar-refractivity contribution is 7.89. The Labute approximate surface area is 167 Å². The van der Waals surface area contributed by atoms with Crippen molar-refractivity contribution in [3.05, 3.63) is 59.4 Å². The van der Waals surface area contributed by atoms with Gasteiger partial charge in [-0.2, -0.15) is 14.6 Å². The molecule has 3 aromatic rings. The van der Waals surface area contributed by atoms with E-state index in [1.807, 2.05) is 35.2 Å². The van der Waals surface area contributed by atoms with E-state index in [4.69, 9.17) is 11.6 Å². The molecule has 0 saturated carbocycles. The summed E-state index contributed by atoms with van der Waals surface area (Å²) in [6, 6.07) is 15.8. The number of sulfonamides is 1. The van der Waals surface area contributed by atoms with Gasteiger partial charge in [-0.05, 0) is 35.9 Å². The van der Waals surface area contributed by atoms with Crippen LogP contribution in [0.5, 0.6) is 0 Å². The fraction of sp³-hybridized carbons (Fsp3) is 0.211. The second-order valence-electron chi connectivity index (χ2n) is 6.33. The van der Waals surface area contributed by atoms with Gasteiger partial charge in [-0.1, -0.05) is 24.3 Å². The molecule has 0 radical (unpaired) electrons. The van der Waals surface area contributed by atoms with Crippen LogP contribution in [0.1, 0.15) is 5.56 Å². The quantitative estimate of drug-likeness (QED) is 0.613. The van der Waals surface area contributed by atoms with Gasteiger partial charge < -0.3 is 4.90 Å². The lowest BCUT2D eigenvalue weighted by atomic mass is 10.2. The van der Waals surface area contributed by atoms with Crippen molar-refractivity contribution in [2.24, 2.45) is 0 Å². The van der Waals surface area contributed by atoms with Crippen LogP contribution in [0.25, 0.3) is 10.9 Å². The highest BCUT2D eigenvalue weighted by Gasteiger charge is 2.31. The zero-order valence-electron chi connectivity index (χ0n) is 14.8. The SMILES string of the molecule is N#Cc1ccccc1S(=O)(=O)N1CCN(c2nc(Cl)nc3ccccc23)CC1. The van der Waals surface area contributed by atoms with Crippen molar-refractivity contribution in [1.82, 2.24) is 14.3 Å². The minimum Gasteiger partial charge on any atom is -0.353 e. The molecule has 0 atom stereocenters. The predicted molar refractivity (Wildman–Crippen MR) is 107 cm³/mol. The average Bonchev–Trinajstić information content (AvgIpc) is 2.73. The van der Waals surface area contributed by atoms with E-state index in [1.165, 1.54) is 16.4 Å². The molecule has 0 amide bonds. The Kier molecular flexibility index (Phi) is 4.89. The maximum absolute atomic E-state index is 13.0. The number of hydrogen-bond acceptors (Lipinski definition) is 6. The Bertz CT molecular complexity index is 1180. The molecule has 2 aromatic carbocycles. The van der Waals surface area contributed by atoms with Gasteiger partial charge in [0.25, 0.3) is 0 Å². The minimum atomic E-state index is -3.74. The number of anilines is 1. The first-order valence-electron chi connectivity index (χ1n) is 8.67. The molecule has 0 N–H and O–H groups in total. The van der Waals surface area contributed by atoms with Crippen LogP contribution in [-0.4, -0.2) is 48.9 Å². The summed E-state index contributed by atoms with van der Waals surface area (Å²) in [4.78, 5) is 10.7. The third kappa shape index (κ3) is 3.29. The van der Waals surface area contributed by atoms with Gasteiger partial charge in [-0.3, -0.25) is 0 Å². The van der Waals surface area contributed by atoms with E-state index in [0.29, 0.717) is 18.9 Å². The molecule has 1 aliphatic heterocycles. The highest BCUT2D eigenvalue weighted by atomic mass is 35.5. The number of fused-ring (bicyclic) bond motifs is 1. The maximum atomic E-state index is 13.0. The molecule has 0 bridgehead atoms. The van der Waals surface area contributed by atoms with E-state index in [1.54, 1.807) is 12.1 Å². The largest absolute Gasteiger partial charge is 0.353 e. The first kappa shape index (κ1) is 18.6. The fourth-order valence-corrected chi connectivity index (χ4v) is 5.07. The van der Waals surface area contributed by atoms with Gasteiger partial charge in [0.2, 0.25) is 15.3 Å². The average molecular weight is 414 g/mol. The number of nitriles is 1. The van der Waals surface area contributed by atoms with E-state index < -0.39 is 10.0 Å². The minimum absolute atomic E-state index is 0.0430. The second-order valence-corrected chi connectivity index (χ2v) is 8.58. The zero-order chi connectivity index (χ0) is 19.7. The molecular formula is C19H16ClN5O2S. The lowest BCUT2D eigenvalue weighted by molar-refractivity contribution is 0.384. The van der Waals surface area contributed by atoms with Gasteiger partial charge in [-0.25, -0.2) is 13.4 Å². The molecule has 4 rings (SSSR count). The number of rotatable bonds is 3. The van der Waals surface area contributed by atoms with E-state index in [9.17, 15) is 13.7 Å². The van der Waals surface area contributed by atoms with Crippen LogP contribution in [-0.2, 0) is 10.0 Å². The third-order valence-electron chi connectivity index (χ3n) is 4.72. The van der Waals surface area contributed by atoms with Gasteiger partial charge >= 0.3 is 0 Å². The molecule has 28 heavy (non-hydrogen) atoms. The first-order valence-corrected chi connectivity index (χ1v) is 10.5. The Balaban J connectivity index is 1.60. The number of benzene rings is 2. The van der Waals surface area contributed by atoms with Crippen LogP contribution in [0.4, 0.5) is 5.82 Å². The summed E-state index contributed by atoms with van der Waals surface area (Å²) in [6.07, 6.45) is 0. The highest BCUT2D eigenvalue weighted by Crippen LogP contribution is 2.27. The molecule has 142 valence electrons. The van der Waals surface area contributed by atoms with Gasteiger partial charge in [0, 0.05) is 31.6 Å². The van der Waals surface area contributed by atoms with Crippen LogP contribution < -0.4 is 4.90 Å². The van der Waals surface area contributed by atoms with Crippen LogP contribution in [0.15, 0.2) is 53.4 Å². The van der Waals surface area contributed by atoms with Gasteiger partial charge in [0.15, 0.2) is 0 Å². The summed E-state index contributed by atoms with van der Waals surface area (Å²) in [6.45, 7) is 1.51. The number of halogens is 1. The number of para-hydroxylation sites is 1. The van der Waals surface area contributed by atoms with Crippen molar-refractivity contribution in [2.75, 3.05) is 31.1 Å². The molecule has 1 aromatic heterocycles. The lowest BCUT2D eigenvalue weighted by Crippen LogP contribution is -2.49. The monoisotopic (exact) mass is 413 g/mol. The van der Waals surface area contributed by atoms with Crippen molar-refractivity contribution in [2.45, 2.75) is 4.90 Å². The van der Waals surface area contributed by atoms with Crippen molar-refractivity contribution < 1.29 is 8.42 Å². The molecule has 1 fully saturated rings. The standard InChI is InChI=1S/C19H16ClN5O2S/c20-19-22-16-7-3-2-6-15(16)18(23-19)24-9-11-25(12-10-24)28(26,27)17-8-4-1-5-14(17)13-21/h1-8H,9-12H2. The van der Waals surface area contributed by atoms with Gasteiger partial charge in [0.1, 0.15) is 11.9 Å². The van der Waals surface area contributed by atoms with Crippen LogP contribution in [0, 0.1) is 11.3 Å². The Morgan fingerprint density at radius 3 is 2.39 bits per heavy atom. The number of piperazine rings is 1. The van der Waals surface area contributed by atoms with Crippen LogP contribution >= 0.6 is 11.6 Å². The second kappa shape index (κ2) is 7.36. The van der Waals surface area contributed by atoms with Crippen molar-refractivity contribution >= 4 is 38.3 Å². The molecule has 0 aliphatic carbocycles. The number of aromatic nitrogens is 2. The summed E-state index contributed by atoms with van der Waals surface area (Å²) in [5.74, 6) is 0.699. The van der Waals surface area contributed by atoms with Crippen LogP contribution in [0.3, 0.4) is 0 Å². The zero-order valence-corrected chi connectivity index (χ0v) is 16.4.